The number of carbonyl (C=O) groups excluding carboxylic acids is 2. The van der Waals surface area contributed by atoms with Crippen molar-refractivity contribution < 1.29 is 9.59 Å². The van der Waals surface area contributed by atoms with Crippen molar-refractivity contribution in [1.82, 2.24) is 0 Å². The van der Waals surface area contributed by atoms with Gasteiger partial charge in [-0.15, -0.1) is 0 Å². The Morgan fingerprint density at radius 2 is 1.28 bits per heavy atom. The highest BCUT2D eigenvalue weighted by Crippen LogP contribution is 2.79. The SMILES string of the molecule is O=C1[C@@H]2[C@H](C(=O)N1c1ccccc1)[C@H]1C=C[C@H]2[C@]23CCCC[C@]12CC3. The lowest BCUT2D eigenvalue weighted by Crippen LogP contribution is -2.69. The van der Waals surface area contributed by atoms with Crippen molar-refractivity contribution in [3.63, 3.8) is 0 Å². The molecule has 2 bridgehead atoms. The smallest absolute Gasteiger partial charge is 0.238 e. The van der Waals surface area contributed by atoms with E-state index in [1.807, 2.05) is 30.3 Å². The molecular weight excluding hydrogens is 310 g/mol. The van der Waals surface area contributed by atoms with Gasteiger partial charge in [-0.05, 0) is 60.5 Å². The van der Waals surface area contributed by atoms with Crippen molar-refractivity contribution in [1.29, 1.82) is 0 Å². The minimum absolute atomic E-state index is 0.0565. The minimum atomic E-state index is -0.116. The molecule has 0 spiro atoms. The summed E-state index contributed by atoms with van der Waals surface area (Å²) >= 11 is 0. The van der Waals surface area contributed by atoms with Gasteiger partial charge >= 0.3 is 0 Å². The van der Waals surface area contributed by atoms with Gasteiger partial charge in [-0.3, -0.25) is 14.5 Å². The fourth-order valence-corrected chi connectivity index (χ4v) is 7.56. The zero-order valence-electron chi connectivity index (χ0n) is 14.4. The van der Waals surface area contributed by atoms with Gasteiger partial charge in [-0.2, -0.15) is 0 Å². The van der Waals surface area contributed by atoms with Crippen molar-refractivity contribution in [3.8, 4) is 0 Å². The minimum Gasteiger partial charge on any atom is -0.274 e. The highest BCUT2D eigenvalue weighted by atomic mass is 16.2. The van der Waals surface area contributed by atoms with Gasteiger partial charge in [0.25, 0.3) is 0 Å². The molecule has 3 heteroatoms. The Bertz CT molecular complexity index is 767. The molecule has 6 atom stereocenters. The molecule has 0 radical (unpaired) electrons. The monoisotopic (exact) mass is 333 g/mol. The second kappa shape index (κ2) is 4.44. The van der Waals surface area contributed by atoms with E-state index in [2.05, 4.69) is 12.2 Å². The maximum Gasteiger partial charge on any atom is 0.238 e. The van der Waals surface area contributed by atoms with E-state index in [0.717, 1.165) is 5.69 Å². The average molecular weight is 333 g/mol. The van der Waals surface area contributed by atoms with Gasteiger partial charge in [0.15, 0.2) is 0 Å². The highest BCUT2D eigenvalue weighted by molar-refractivity contribution is 6.22. The number of allylic oxidation sites excluding steroid dienone is 2. The molecule has 0 aromatic heterocycles. The van der Waals surface area contributed by atoms with E-state index >= 15 is 0 Å². The van der Waals surface area contributed by atoms with Crippen molar-refractivity contribution >= 4 is 17.5 Å². The Labute approximate surface area is 148 Å². The van der Waals surface area contributed by atoms with Crippen LogP contribution in [0, 0.1) is 34.5 Å². The van der Waals surface area contributed by atoms with E-state index in [-0.39, 0.29) is 35.5 Å². The highest BCUT2D eigenvalue weighted by Gasteiger charge is 2.76. The largest absolute Gasteiger partial charge is 0.274 e. The van der Waals surface area contributed by atoms with E-state index in [1.54, 1.807) is 0 Å². The van der Waals surface area contributed by atoms with Gasteiger partial charge in [0.05, 0.1) is 17.5 Å². The van der Waals surface area contributed by atoms with E-state index in [0.29, 0.717) is 10.8 Å². The predicted molar refractivity (Wildman–Crippen MR) is 94.6 cm³/mol. The van der Waals surface area contributed by atoms with Gasteiger partial charge in [-0.1, -0.05) is 43.2 Å². The van der Waals surface area contributed by atoms with Crippen molar-refractivity contribution in [2.75, 3.05) is 4.90 Å². The number of nitrogens with zero attached hydrogens (tertiary/aromatic N) is 1. The van der Waals surface area contributed by atoms with Crippen LogP contribution in [-0.2, 0) is 9.59 Å². The van der Waals surface area contributed by atoms with Crippen LogP contribution in [0.4, 0.5) is 5.69 Å². The summed E-state index contributed by atoms with van der Waals surface area (Å²) in [6.45, 7) is 0. The number of hydrogen-bond acceptors (Lipinski definition) is 2. The van der Waals surface area contributed by atoms with E-state index in [9.17, 15) is 9.59 Å². The van der Waals surface area contributed by atoms with Crippen molar-refractivity contribution in [3.05, 3.63) is 42.5 Å². The standard InChI is InChI=1S/C22H23NO2/c24-19-17-15-8-9-16(22-11-5-4-10-21(15,22)12-13-22)18(17)20(25)23(19)14-6-2-1-3-7-14/h1-3,6-9,15-18H,4-5,10-13H2/t15-,16-,17-,18+,21+,22-/m1/s1. The molecule has 0 N–H and O–H groups in total. The summed E-state index contributed by atoms with van der Waals surface area (Å²) in [5, 5.41) is 0. The van der Waals surface area contributed by atoms with Crippen LogP contribution in [0.5, 0.6) is 0 Å². The van der Waals surface area contributed by atoms with Crippen LogP contribution in [0.3, 0.4) is 0 Å². The van der Waals surface area contributed by atoms with Gasteiger partial charge < -0.3 is 0 Å². The van der Waals surface area contributed by atoms with Crippen LogP contribution in [0.1, 0.15) is 38.5 Å². The molecule has 1 aromatic carbocycles. The van der Waals surface area contributed by atoms with Gasteiger partial charge in [0.1, 0.15) is 0 Å². The van der Waals surface area contributed by atoms with Crippen molar-refractivity contribution in [2.24, 2.45) is 34.5 Å². The zero-order valence-corrected chi connectivity index (χ0v) is 14.4. The molecule has 128 valence electrons. The van der Waals surface area contributed by atoms with E-state index < -0.39 is 0 Å². The molecule has 3 saturated carbocycles. The summed E-state index contributed by atoms with van der Waals surface area (Å²) in [5.41, 5.74) is 1.37. The molecule has 3 nitrogen and oxygen atoms in total. The molecule has 4 fully saturated rings. The number of benzene rings is 1. The van der Waals surface area contributed by atoms with Crippen LogP contribution < -0.4 is 4.90 Å². The quantitative estimate of drug-likeness (QED) is 0.576. The Morgan fingerprint density at radius 1 is 0.760 bits per heavy atom. The summed E-state index contributed by atoms with van der Waals surface area (Å²) in [6, 6.07) is 9.53. The van der Waals surface area contributed by atoms with E-state index in [1.165, 1.54) is 43.4 Å². The molecule has 1 saturated heterocycles. The molecule has 25 heavy (non-hydrogen) atoms. The lowest BCUT2D eigenvalue weighted by molar-refractivity contribution is -0.232. The fraction of sp³-hybridized carbons (Fsp3) is 0.545. The van der Waals surface area contributed by atoms with Gasteiger partial charge in [0.2, 0.25) is 11.8 Å². The van der Waals surface area contributed by atoms with E-state index in [4.69, 9.17) is 0 Å². The lowest BCUT2D eigenvalue weighted by atomic mass is 9.29. The summed E-state index contributed by atoms with van der Waals surface area (Å²) < 4.78 is 0. The Hall–Kier alpha value is -1.90. The Morgan fingerprint density at radius 3 is 1.76 bits per heavy atom. The molecule has 6 aliphatic rings. The number of amides is 2. The van der Waals surface area contributed by atoms with Gasteiger partial charge in [0, 0.05) is 0 Å². The number of hydrogen-bond donors (Lipinski definition) is 0. The number of imide groups is 1. The number of carbonyl (C=O) groups is 2. The molecule has 2 amide bonds. The van der Waals surface area contributed by atoms with Crippen LogP contribution in [0.15, 0.2) is 42.5 Å². The maximum absolute atomic E-state index is 13.4. The van der Waals surface area contributed by atoms with Gasteiger partial charge in [-0.25, -0.2) is 0 Å². The third-order valence-electron chi connectivity index (χ3n) is 8.49. The maximum atomic E-state index is 13.4. The predicted octanol–water partition coefficient (Wildman–Crippen LogP) is 3.95. The number of para-hydroxylation sites is 1. The first-order valence-electron chi connectivity index (χ1n) is 9.81. The summed E-state index contributed by atoms with van der Waals surface area (Å²) in [7, 11) is 0. The fourth-order valence-electron chi connectivity index (χ4n) is 7.56. The van der Waals surface area contributed by atoms with Crippen LogP contribution >= 0.6 is 0 Å². The summed E-state index contributed by atoms with van der Waals surface area (Å²) in [6.07, 6.45) is 12.3. The molecule has 7 rings (SSSR count). The molecular formula is C22H23NO2. The third-order valence-corrected chi connectivity index (χ3v) is 8.49. The molecule has 0 unspecified atom stereocenters. The Balaban J connectivity index is 1.50. The molecule has 1 aliphatic heterocycles. The second-order valence-electron chi connectivity index (χ2n) is 8.85. The number of anilines is 1. The van der Waals surface area contributed by atoms with Crippen molar-refractivity contribution in [2.45, 2.75) is 38.5 Å². The van der Waals surface area contributed by atoms with Crippen LogP contribution in [-0.4, -0.2) is 11.8 Å². The topological polar surface area (TPSA) is 37.4 Å². The average Bonchev–Trinajstić information content (AvgIpc) is 2.90. The lowest BCUT2D eigenvalue weighted by Gasteiger charge is -2.74. The molecule has 5 aliphatic carbocycles. The third kappa shape index (κ3) is 1.39. The van der Waals surface area contributed by atoms with Crippen LogP contribution in [0.25, 0.3) is 0 Å². The first-order valence-corrected chi connectivity index (χ1v) is 9.81. The number of rotatable bonds is 1. The van der Waals surface area contributed by atoms with Crippen LogP contribution in [0.2, 0.25) is 0 Å². The first-order chi connectivity index (χ1) is 12.2. The second-order valence-corrected chi connectivity index (χ2v) is 8.85. The molecule has 1 aromatic rings. The zero-order chi connectivity index (χ0) is 16.8. The Kier molecular flexibility index (Phi) is 2.53. The normalized spacial score (nSPS) is 46.5. The summed E-state index contributed by atoms with van der Waals surface area (Å²) in [5.74, 6) is 0.439. The first kappa shape index (κ1) is 14.3. The molecule has 1 heterocycles. The summed E-state index contributed by atoms with van der Waals surface area (Å²) in [4.78, 5) is 28.2.